The van der Waals surface area contributed by atoms with Crippen molar-refractivity contribution >= 4 is 27.4 Å². The smallest absolute Gasteiger partial charge is 0.156 e. The molecule has 7 heteroatoms. The summed E-state index contributed by atoms with van der Waals surface area (Å²) in [7, 11) is 1.65. The van der Waals surface area contributed by atoms with Crippen molar-refractivity contribution in [2.45, 2.75) is 19.9 Å². The lowest BCUT2D eigenvalue weighted by Crippen LogP contribution is -2.01. The van der Waals surface area contributed by atoms with E-state index in [2.05, 4.69) is 32.7 Å². The summed E-state index contributed by atoms with van der Waals surface area (Å²) < 4.78 is 10.6. The molecule has 3 aromatic heterocycles. The maximum atomic E-state index is 5.46. The Morgan fingerprint density at radius 1 is 1.19 bits per heavy atom. The van der Waals surface area contributed by atoms with E-state index in [-0.39, 0.29) is 0 Å². The molecule has 132 valence electrons. The van der Waals surface area contributed by atoms with Crippen molar-refractivity contribution in [1.29, 1.82) is 0 Å². The Labute approximate surface area is 154 Å². The monoisotopic (exact) mass is 366 g/mol. The minimum absolute atomic E-state index is 0.508. The number of nitrogens with one attached hydrogen (secondary N) is 1. The van der Waals surface area contributed by atoms with Crippen LogP contribution in [0, 0.1) is 0 Å². The van der Waals surface area contributed by atoms with Crippen molar-refractivity contribution in [3.05, 3.63) is 53.4 Å². The fraction of sp³-hybridized carbons (Fsp3) is 0.211. The van der Waals surface area contributed by atoms with E-state index in [1.165, 1.54) is 5.56 Å². The van der Waals surface area contributed by atoms with Gasteiger partial charge in [-0.1, -0.05) is 12.1 Å². The molecule has 1 aromatic carbocycles. The number of aryl methyl sites for hydroxylation is 1. The van der Waals surface area contributed by atoms with Gasteiger partial charge in [0.15, 0.2) is 5.76 Å². The SMILES string of the molecule is CCc1csc2ncnc(NCc3cc(-c4ccc(OC)cc4)no3)c12. The highest BCUT2D eigenvalue weighted by Gasteiger charge is 2.12. The summed E-state index contributed by atoms with van der Waals surface area (Å²) in [5.74, 6) is 2.39. The Balaban J connectivity index is 1.52. The molecule has 0 fully saturated rings. The fourth-order valence-corrected chi connectivity index (χ4v) is 3.79. The Morgan fingerprint density at radius 2 is 2.04 bits per heavy atom. The molecule has 0 aliphatic rings. The largest absolute Gasteiger partial charge is 0.497 e. The number of fused-ring (bicyclic) bond motifs is 1. The normalized spacial score (nSPS) is 11.0. The lowest BCUT2D eigenvalue weighted by molar-refractivity contribution is 0.390. The zero-order chi connectivity index (χ0) is 17.9. The number of anilines is 1. The second-order valence-corrected chi connectivity index (χ2v) is 6.64. The summed E-state index contributed by atoms with van der Waals surface area (Å²) in [6.45, 7) is 2.64. The van der Waals surface area contributed by atoms with Crippen LogP contribution in [-0.4, -0.2) is 22.2 Å². The molecule has 0 aliphatic carbocycles. The molecular formula is C19H18N4O2S. The molecule has 26 heavy (non-hydrogen) atoms. The average Bonchev–Trinajstić information content (AvgIpc) is 3.33. The van der Waals surface area contributed by atoms with Crippen LogP contribution in [0.1, 0.15) is 18.2 Å². The van der Waals surface area contributed by atoms with Crippen molar-refractivity contribution in [2.75, 3.05) is 12.4 Å². The van der Waals surface area contributed by atoms with Crippen LogP contribution in [0.4, 0.5) is 5.82 Å². The highest BCUT2D eigenvalue weighted by molar-refractivity contribution is 7.17. The molecule has 0 aliphatic heterocycles. The van der Waals surface area contributed by atoms with Gasteiger partial charge in [-0.05, 0) is 41.6 Å². The number of nitrogens with zero attached hydrogens (tertiary/aromatic N) is 3. The van der Waals surface area contributed by atoms with Gasteiger partial charge in [0.25, 0.3) is 0 Å². The molecular weight excluding hydrogens is 348 g/mol. The van der Waals surface area contributed by atoms with Crippen LogP contribution in [-0.2, 0) is 13.0 Å². The van der Waals surface area contributed by atoms with E-state index >= 15 is 0 Å². The molecule has 6 nitrogen and oxygen atoms in total. The highest BCUT2D eigenvalue weighted by atomic mass is 32.1. The van der Waals surface area contributed by atoms with E-state index in [1.54, 1.807) is 24.8 Å². The predicted molar refractivity (Wildman–Crippen MR) is 103 cm³/mol. The van der Waals surface area contributed by atoms with Crippen molar-refractivity contribution < 1.29 is 9.26 Å². The number of hydrogen-bond donors (Lipinski definition) is 1. The van der Waals surface area contributed by atoms with E-state index in [9.17, 15) is 0 Å². The zero-order valence-electron chi connectivity index (χ0n) is 14.5. The van der Waals surface area contributed by atoms with Crippen LogP contribution in [0.2, 0.25) is 0 Å². The lowest BCUT2D eigenvalue weighted by atomic mass is 10.1. The maximum Gasteiger partial charge on any atom is 0.156 e. The number of thiophene rings is 1. The first-order valence-electron chi connectivity index (χ1n) is 8.33. The minimum Gasteiger partial charge on any atom is -0.497 e. The molecule has 1 N–H and O–H groups in total. The van der Waals surface area contributed by atoms with Gasteiger partial charge in [0.2, 0.25) is 0 Å². The van der Waals surface area contributed by atoms with Gasteiger partial charge in [-0.25, -0.2) is 9.97 Å². The van der Waals surface area contributed by atoms with Crippen LogP contribution in [0.25, 0.3) is 21.5 Å². The standard InChI is InChI=1S/C19H18N4O2S/c1-3-12-10-26-19-17(12)18(21-11-22-19)20-9-15-8-16(23-25-15)13-4-6-14(24-2)7-5-13/h4-8,10-11H,3,9H2,1-2H3,(H,20,21,22). The molecule has 0 atom stereocenters. The number of rotatable bonds is 6. The molecule has 0 radical (unpaired) electrons. The van der Waals surface area contributed by atoms with Gasteiger partial charge in [-0.3, -0.25) is 0 Å². The van der Waals surface area contributed by atoms with Crippen molar-refractivity contribution in [3.8, 4) is 17.0 Å². The average molecular weight is 366 g/mol. The molecule has 3 heterocycles. The summed E-state index contributed by atoms with van der Waals surface area (Å²) in [6, 6.07) is 9.66. The van der Waals surface area contributed by atoms with Crippen LogP contribution in [0.3, 0.4) is 0 Å². The zero-order valence-corrected chi connectivity index (χ0v) is 15.3. The van der Waals surface area contributed by atoms with E-state index in [1.807, 2.05) is 30.3 Å². The maximum absolute atomic E-state index is 5.46. The van der Waals surface area contributed by atoms with Crippen LogP contribution in [0.5, 0.6) is 5.75 Å². The summed E-state index contributed by atoms with van der Waals surface area (Å²) in [5, 5.41) is 10.7. The second kappa shape index (κ2) is 7.13. The van der Waals surface area contributed by atoms with E-state index in [4.69, 9.17) is 9.26 Å². The molecule has 4 aromatic rings. The summed E-state index contributed by atoms with van der Waals surface area (Å²) in [6.07, 6.45) is 2.54. The second-order valence-electron chi connectivity index (χ2n) is 5.78. The lowest BCUT2D eigenvalue weighted by Gasteiger charge is -2.05. The molecule has 0 unspecified atom stereocenters. The first-order chi connectivity index (χ1) is 12.8. The Kier molecular flexibility index (Phi) is 4.53. The van der Waals surface area contributed by atoms with Crippen molar-refractivity contribution in [3.63, 3.8) is 0 Å². The van der Waals surface area contributed by atoms with E-state index in [0.29, 0.717) is 6.54 Å². The van der Waals surface area contributed by atoms with Crippen LogP contribution >= 0.6 is 11.3 Å². The van der Waals surface area contributed by atoms with Crippen molar-refractivity contribution in [2.24, 2.45) is 0 Å². The Hall–Kier alpha value is -2.93. The third-order valence-electron chi connectivity index (χ3n) is 4.20. The quantitative estimate of drug-likeness (QED) is 0.540. The first kappa shape index (κ1) is 16.5. The molecule has 0 saturated carbocycles. The van der Waals surface area contributed by atoms with Gasteiger partial charge in [-0.2, -0.15) is 0 Å². The van der Waals surface area contributed by atoms with Gasteiger partial charge < -0.3 is 14.6 Å². The highest BCUT2D eigenvalue weighted by Crippen LogP contribution is 2.30. The molecule has 4 rings (SSSR count). The summed E-state index contributed by atoms with van der Waals surface area (Å²) in [5.41, 5.74) is 3.03. The minimum atomic E-state index is 0.508. The molecule has 0 spiro atoms. The van der Waals surface area contributed by atoms with Crippen LogP contribution in [0.15, 0.2) is 46.6 Å². The van der Waals surface area contributed by atoms with E-state index < -0.39 is 0 Å². The number of benzene rings is 1. The Bertz CT molecular complexity index is 1020. The third-order valence-corrected chi connectivity index (χ3v) is 5.14. The number of methoxy groups -OCH3 is 1. The fourth-order valence-electron chi connectivity index (χ4n) is 2.79. The van der Waals surface area contributed by atoms with Crippen LogP contribution < -0.4 is 10.1 Å². The van der Waals surface area contributed by atoms with Gasteiger partial charge in [0.1, 0.15) is 28.4 Å². The van der Waals surface area contributed by atoms with Gasteiger partial charge in [0.05, 0.1) is 19.0 Å². The first-order valence-corrected chi connectivity index (χ1v) is 9.21. The molecule has 0 amide bonds. The van der Waals surface area contributed by atoms with Gasteiger partial charge >= 0.3 is 0 Å². The van der Waals surface area contributed by atoms with Gasteiger partial charge in [-0.15, -0.1) is 11.3 Å². The number of hydrogen-bond acceptors (Lipinski definition) is 7. The summed E-state index contributed by atoms with van der Waals surface area (Å²) >= 11 is 1.64. The topological polar surface area (TPSA) is 73.1 Å². The molecule has 0 bridgehead atoms. The molecule has 0 saturated heterocycles. The predicted octanol–water partition coefficient (Wildman–Crippen LogP) is 4.53. The Morgan fingerprint density at radius 3 is 2.81 bits per heavy atom. The van der Waals surface area contributed by atoms with E-state index in [0.717, 1.165) is 45.2 Å². The number of aromatic nitrogens is 3. The van der Waals surface area contributed by atoms with Gasteiger partial charge in [0, 0.05) is 11.6 Å². The summed E-state index contributed by atoms with van der Waals surface area (Å²) in [4.78, 5) is 9.74. The third kappa shape index (κ3) is 3.13. The van der Waals surface area contributed by atoms with Crippen molar-refractivity contribution in [1.82, 2.24) is 15.1 Å². The number of ether oxygens (including phenoxy) is 1.